The third-order valence-electron chi connectivity index (χ3n) is 4.29. The van der Waals surface area contributed by atoms with E-state index in [2.05, 4.69) is 16.6 Å². The van der Waals surface area contributed by atoms with Crippen molar-refractivity contribution >= 4 is 17.2 Å². The van der Waals surface area contributed by atoms with Crippen LogP contribution in [0.3, 0.4) is 0 Å². The second kappa shape index (κ2) is 8.73. The summed E-state index contributed by atoms with van der Waals surface area (Å²) >= 11 is 0. The van der Waals surface area contributed by atoms with Crippen LogP contribution in [-0.4, -0.2) is 32.8 Å². The van der Waals surface area contributed by atoms with Crippen LogP contribution in [0.2, 0.25) is 0 Å². The van der Waals surface area contributed by atoms with Crippen molar-refractivity contribution in [3.63, 3.8) is 0 Å². The summed E-state index contributed by atoms with van der Waals surface area (Å²) in [4.78, 5) is 17.2. The fourth-order valence-corrected chi connectivity index (χ4v) is 2.96. The molecule has 1 fully saturated rings. The highest BCUT2D eigenvalue weighted by atomic mass is 16.7. The highest BCUT2D eigenvalue weighted by Crippen LogP contribution is 2.34. The molecule has 0 radical (unpaired) electrons. The van der Waals surface area contributed by atoms with E-state index >= 15 is 0 Å². The van der Waals surface area contributed by atoms with Crippen molar-refractivity contribution in [2.75, 3.05) is 20.3 Å². The molecular formula is C20H23NO6. The van der Waals surface area contributed by atoms with Gasteiger partial charge in [-0.3, -0.25) is 0 Å². The molecule has 7 heteroatoms. The number of ether oxygens (including phenoxy) is 3. The maximum absolute atomic E-state index is 12.5. The molecule has 0 aliphatic carbocycles. The first-order chi connectivity index (χ1) is 13.2. The lowest BCUT2D eigenvalue weighted by Gasteiger charge is -2.24. The van der Waals surface area contributed by atoms with Gasteiger partial charge in [0.05, 0.1) is 18.2 Å². The monoisotopic (exact) mass is 373 g/mol. The van der Waals surface area contributed by atoms with Crippen LogP contribution in [0.5, 0.6) is 11.5 Å². The fraction of sp³-hybridized carbons (Fsp3) is 0.400. The average Bonchev–Trinajstić information content (AvgIpc) is 2.68. The predicted octanol–water partition coefficient (Wildman–Crippen LogP) is 3.55. The lowest BCUT2D eigenvalue weighted by Crippen LogP contribution is -2.25. The van der Waals surface area contributed by atoms with Gasteiger partial charge in [-0.25, -0.2) is 4.79 Å². The number of benzene rings is 1. The van der Waals surface area contributed by atoms with E-state index in [0.717, 1.165) is 19.3 Å². The third kappa shape index (κ3) is 4.14. The lowest BCUT2D eigenvalue weighted by atomic mass is 10.1. The van der Waals surface area contributed by atoms with E-state index < -0.39 is 5.63 Å². The van der Waals surface area contributed by atoms with Crippen molar-refractivity contribution < 1.29 is 23.5 Å². The van der Waals surface area contributed by atoms with Crippen LogP contribution in [-0.2, 0) is 9.57 Å². The summed E-state index contributed by atoms with van der Waals surface area (Å²) in [7, 11) is 1.39. The van der Waals surface area contributed by atoms with Crippen molar-refractivity contribution in [3.8, 4) is 11.5 Å². The van der Waals surface area contributed by atoms with Crippen molar-refractivity contribution in [3.05, 3.63) is 46.3 Å². The molecule has 1 aromatic carbocycles. The van der Waals surface area contributed by atoms with E-state index in [1.54, 1.807) is 12.1 Å². The van der Waals surface area contributed by atoms with Gasteiger partial charge in [0.25, 0.3) is 0 Å². The zero-order chi connectivity index (χ0) is 19.2. The maximum atomic E-state index is 12.5. The quantitative estimate of drug-likeness (QED) is 0.320. The zero-order valence-corrected chi connectivity index (χ0v) is 15.5. The van der Waals surface area contributed by atoms with Crippen LogP contribution in [0.25, 0.3) is 11.0 Å². The molecule has 144 valence electrons. The molecule has 1 aromatic heterocycles. The highest BCUT2D eigenvalue weighted by Gasteiger charge is 2.21. The molecular weight excluding hydrogens is 350 g/mol. The van der Waals surface area contributed by atoms with Crippen molar-refractivity contribution in [2.45, 2.75) is 32.5 Å². The Balaban J connectivity index is 2.07. The summed E-state index contributed by atoms with van der Waals surface area (Å²) in [5, 5.41) is 4.31. The third-order valence-corrected chi connectivity index (χ3v) is 4.29. The van der Waals surface area contributed by atoms with Gasteiger partial charge >= 0.3 is 5.63 Å². The Hall–Kier alpha value is -2.80. The molecule has 2 aromatic rings. The lowest BCUT2D eigenvalue weighted by molar-refractivity contribution is -0.106. The van der Waals surface area contributed by atoms with Gasteiger partial charge in [-0.1, -0.05) is 17.8 Å². The Kier molecular flexibility index (Phi) is 6.13. The van der Waals surface area contributed by atoms with E-state index in [1.165, 1.54) is 13.3 Å². The van der Waals surface area contributed by atoms with E-state index in [9.17, 15) is 4.79 Å². The molecule has 0 amide bonds. The Labute approximate surface area is 157 Å². The molecule has 0 spiro atoms. The van der Waals surface area contributed by atoms with Gasteiger partial charge in [0, 0.05) is 12.0 Å². The van der Waals surface area contributed by atoms with Gasteiger partial charge in [-0.15, -0.1) is 0 Å². The Morgan fingerprint density at radius 2 is 2.22 bits per heavy atom. The second-order valence-corrected chi connectivity index (χ2v) is 6.13. The normalized spacial score (nSPS) is 17.2. The summed E-state index contributed by atoms with van der Waals surface area (Å²) in [6.45, 7) is 6.41. The molecule has 3 rings (SSSR count). The van der Waals surface area contributed by atoms with Crippen molar-refractivity contribution in [1.29, 1.82) is 0 Å². The molecule has 7 nitrogen and oxygen atoms in total. The summed E-state index contributed by atoms with van der Waals surface area (Å²) in [6, 6.07) is 3.62. The smallest absolute Gasteiger partial charge is 0.349 e. The number of rotatable bonds is 7. The molecule has 1 saturated heterocycles. The number of hydrogen-bond donors (Lipinski definition) is 0. The molecule has 2 heterocycles. The van der Waals surface area contributed by atoms with Crippen LogP contribution in [0, 0.1) is 6.92 Å². The maximum Gasteiger partial charge on any atom is 0.349 e. The summed E-state index contributed by atoms with van der Waals surface area (Å²) in [6.07, 6.45) is 5.53. The minimum Gasteiger partial charge on any atom is -0.488 e. The first-order valence-electron chi connectivity index (χ1n) is 8.84. The van der Waals surface area contributed by atoms with Gasteiger partial charge in [0.1, 0.15) is 36.4 Å². The number of aryl methyl sites for hydroxylation is 1. The molecule has 27 heavy (non-hydrogen) atoms. The molecule has 1 unspecified atom stereocenters. The van der Waals surface area contributed by atoms with Crippen LogP contribution < -0.4 is 15.1 Å². The predicted molar refractivity (Wildman–Crippen MR) is 102 cm³/mol. The number of oxime groups is 1. The van der Waals surface area contributed by atoms with Crippen LogP contribution in [0.4, 0.5) is 0 Å². The van der Waals surface area contributed by atoms with E-state index in [4.69, 9.17) is 18.6 Å². The van der Waals surface area contributed by atoms with E-state index in [0.29, 0.717) is 34.6 Å². The Morgan fingerprint density at radius 1 is 1.37 bits per heavy atom. The number of nitrogens with zero attached hydrogens (tertiary/aromatic N) is 1. The molecule has 0 N–H and O–H groups in total. The van der Waals surface area contributed by atoms with Crippen LogP contribution in [0.15, 0.2) is 39.2 Å². The summed E-state index contributed by atoms with van der Waals surface area (Å²) in [5.41, 5.74) is 0.714. The fourth-order valence-electron chi connectivity index (χ4n) is 2.96. The first kappa shape index (κ1) is 19.0. The minimum atomic E-state index is -0.573. The van der Waals surface area contributed by atoms with Crippen molar-refractivity contribution in [2.24, 2.45) is 5.16 Å². The molecule has 0 saturated carbocycles. The van der Waals surface area contributed by atoms with Crippen molar-refractivity contribution in [1.82, 2.24) is 0 Å². The molecule has 1 aliphatic heterocycles. The second-order valence-electron chi connectivity index (χ2n) is 6.13. The molecule has 0 bridgehead atoms. The van der Waals surface area contributed by atoms with Gasteiger partial charge in [0.15, 0.2) is 6.29 Å². The summed E-state index contributed by atoms with van der Waals surface area (Å²) < 4.78 is 22.9. The van der Waals surface area contributed by atoms with Crippen LogP contribution >= 0.6 is 0 Å². The Morgan fingerprint density at radius 3 is 2.93 bits per heavy atom. The summed E-state index contributed by atoms with van der Waals surface area (Å²) in [5.74, 6) is 0.982. The van der Waals surface area contributed by atoms with Gasteiger partial charge in [-0.05, 0) is 31.9 Å². The Bertz CT molecular complexity index is 895. The van der Waals surface area contributed by atoms with E-state index in [-0.39, 0.29) is 18.5 Å². The molecule has 1 aliphatic rings. The van der Waals surface area contributed by atoms with Gasteiger partial charge in [-0.2, -0.15) is 0 Å². The first-order valence-corrected chi connectivity index (χ1v) is 8.84. The topological polar surface area (TPSA) is 79.5 Å². The number of hydrogen-bond acceptors (Lipinski definition) is 7. The highest BCUT2D eigenvalue weighted by molar-refractivity contribution is 5.95. The van der Waals surface area contributed by atoms with Gasteiger partial charge in [0.2, 0.25) is 0 Å². The molecule has 1 atom stereocenters. The average molecular weight is 373 g/mol. The van der Waals surface area contributed by atoms with Gasteiger partial charge < -0.3 is 23.5 Å². The minimum absolute atomic E-state index is 0.176. The standard InChI is InChI=1S/C20H23NO6/c1-4-10-25-19-14-8-9-16(26-17-7-5-6-11-24-17)13(2)18(14)27-20(22)15(19)12-21-23-3/h4,8-9,12,17H,1,5-7,10-11H2,2-3H3. The number of fused-ring (bicyclic) bond motifs is 1. The van der Waals surface area contributed by atoms with E-state index in [1.807, 2.05) is 13.0 Å². The zero-order valence-electron chi connectivity index (χ0n) is 15.5. The van der Waals surface area contributed by atoms with Crippen LogP contribution in [0.1, 0.15) is 30.4 Å². The largest absolute Gasteiger partial charge is 0.488 e. The SMILES string of the molecule is C=CCOc1c(C=NOC)c(=O)oc2c(C)c(OC3CCCCO3)ccc12.